The molecule has 1 N–H and O–H groups in total. The standard InChI is InChI=1S/C17H19N3O/c1-3-15(18-2)14-9-10-16(19-12-14)20-17(21)11-13-7-5-4-6-8-13/h4-10,12H,3,11H2,1-2H3,(H,19,20,21). The fourth-order valence-electron chi connectivity index (χ4n) is 2.10. The van der Waals surface area contributed by atoms with Crippen LogP contribution in [0.3, 0.4) is 0 Å². The van der Waals surface area contributed by atoms with Gasteiger partial charge in [-0.3, -0.25) is 9.79 Å². The number of hydrogen-bond acceptors (Lipinski definition) is 3. The van der Waals surface area contributed by atoms with Gasteiger partial charge >= 0.3 is 0 Å². The second-order valence-electron chi connectivity index (χ2n) is 4.67. The largest absolute Gasteiger partial charge is 0.310 e. The average molecular weight is 281 g/mol. The third-order valence-electron chi connectivity index (χ3n) is 3.18. The van der Waals surface area contributed by atoms with Crippen molar-refractivity contribution in [1.82, 2.24) is 4.98 Å². The van der Waals surface area contributed by atoms with Crippen LogP contribution in [0.1, 0.15) is 24.5 Å². The average Bonchev–Trinajstić information content (AvgIpc) is 2.51. The highest BCUT2D eigenvalue weighted by Crippen LogP contribution is 2.09. The van der Waals surface area contributed by atoms with Gasteiger partial charge in [-0.1, -0.05) is 37.3 Å². The Kier molecular flexibility index (Phi) is 5.21. The van der Waals surface area contributed by atoms with Crippen molar-refractivity contribution in [3.05, 3.63) is 59.8 Å². The monoisotopic (exact) mass is 281 g/mol. The highest BCUT2D eigenvalue weighted by Gasteiger charge is 2.06. The molecule has 0 atom stereocenters. The van der Waals surface area contributed by atoms with Crippen molar-refractivity contribution in [1.29, 1.82) is 0 Å². The highest BCUT2D eigenvalue weighted by atomic mass is 16.1. The summed E-state index contributed by atoms with van der Waals surface area (Å²) in [5, 5.41) is 2.80. The molecule has 2 aromatic rings. The van der Waals surface area contributed by atoms with Gasteiger partial charge in [0.25, 0.3) is 0 Å². The van der Waals surface area contributed by atoms with E-state index < -0.39 is 0 Å². The number of carbonyl (C=O) groups excluding carboxylic acids is 1. The molecule has 1 amide bonds. The van der Waals surface area contributed by atoms with E-state index in [0.717, 1.165) is 23.3 Å². The molecular formula is C17H19N3O. The van der Waals surface area contributed by atoms with Crippen LogP contribution in [0.25, 0.3) is 0 Å². The first-order valence-corrected chi connectivity index (χ1v) is 6.98. The van der Waals surface area contributed by atoms with Gasteiger partial charge in [-0.2, -0.15) is 0 Å². The lowest BCUT2D eigenvalue weighted by atomic mass is 10.1. The van der Waals surface area contributed by atoms with E-state index in [9.17, 15) is 4.79 Å². The lowest BCUT2D eigenvalue weighted by Crippen LogP contribution is -2.15. The molecule has 0 saturated carbocycles. The number of anilines is 1. The predicted molar refractivity (Wildman–Crippen MR) is 85.8 cm³/mol. The molecule has 0 radical (unpaired) electrons. The molecule has 4 heteroatoms. The van der Waals surface area contributed by atoms with Crippen LogP contribution in [-0.2, 0) is 11.2 Å². The van der Waals surface area contributed by atoms with Crippen molar-refractivity contribution in [2.75, 3.05) is 12.4 Å². The van der Waals surface area contributed by atoms with Crippen LogP contribution < -0.4 is 5.32 Å². The Balaban J connectivity index is 1.99. The Hall–Kier alpha value is -2.49. The van der Waals surface area contributed by atoms with Crippen LogP contribution in [0, 0.1) is 0 Å². The summed E-state index contributed by atoms with van der Waals surface area (Å²) < 4.78 is 0. The lowest BCUT2D eigenvalue weighted by Gasteiger charge is -2.06. The summed E-state index contributed by atoms with van der Waals surface area (Å²) in [5.74, 6) is 0.493. The second kappa shape index (κ2) is 7.33. The predicted octanol–water partition coefficient (Wildman–Crippen LogP) is 3.09. The molecule has 0 aliphatic rings. The van der Waals surface area contributed by atoms with Crippen LogP contribution in [0.4, 0.5) is 5.82 Å². The zero-order valence-corrected chi connectivity index (χ0v) is 12.3. The number of rotatable bonds is 5. The molecule has 0 fully saturated rings. The Morgan fingerprint density at radius 3 is 2.52 bits per heavy atom. The van der Waals surface area contributed by atoms with Crippen LogP contribution in [0.5, 0.6) is 0 Å². The van der Waals surface area contributed by atoms with E-state index in [4.69, 9.17) is 0 Å². The molecule has 1 aromatic carbocycles. The minimum Gasteiger partial charge on any atom is -0.310 e. The third kappa shape index (κ3) is 4.24. The van der Waals surface area contributed by atoms with E-state index in [2.05, 4.69) is 22.2 Å². The number of aromatic nitrogens is 1. The highest BCUT2D eigenvalue weighted by molar-refractivity contribution is 6.00. The van der Waals surface area contributed by atoms with Crippen molar-refractivity contribution in [3.8, 4) is 0 Å². The van der Waals surface area contributed by atoms with E-state index >= 15 is 0 Å². The molecule has 4 nitrogen and oxygen atoms in total. The summed E-state index contributed by atoms with van der Waals surface area (Å²) >= 11 is 0. The van der Waals surface area contributed by atoms with Gasteiger partial charge < -0.3 is 5.32 Å². The molecule has 1 heterocycles. The molecule has 0 spiro atoms. The SMILES string of the molecule is CCC(=NC)c1ccc(NC(=O)Cc2ccccc2)nc1. The minimum absolute atomic E-state index is 0.0682. The quantitative estimate of drug-likeness (QED) is 0.856. The maximum Gasteiger partial charge on any atom is 0.229 e. The summed E-state index contributed by atoms with van der Waals surface area (Å²) in [6.45, 7) is 2.05. The summed E-state index contributed by atoms with van der Waals surface area (Å²) in [6, 6.07) is 13.4. The smallest absolute Gasteiger partial charge is 0.229 e. The Labute approximate surface area is 125 Å². The first-order valence-electron chi connectivity index (χ1n) is 6.98. The molecule has 2 rings (SSSR count). The molecule has 0 bridgehead atoms. The maximum absolute atomic E-state index is 11.9. The zero-order chi connectivity index (χ0) is 15.1. The van der Waals surface area contributed by atoms with E-state index in [1.807, 2.05) is 36.4 Å². The molecular weight excluding hydrogens is 262 g/mol. The Morgan fingerprint density at radius 1 is 1.19 bits per heavy atom. The number of hydrogen-bond donors (Lipinski definition) is 1. The number of aliphatic imine (C=N–C) groups is 1. The van der Waals surface area contributed by atoms with E-state index in [1.165, 1.54) is 0 Å². The number of nitrogens with zero attached hydrogens (tertiary/aromatic N) is 2. The molecule has 108 valence electrons. The van der Waals surface area contributed by atoms with Gasteiger partial charge in [-0.25, -0.2) is 4.98 Å². The Morgan fingerprint density at radius 2 is 1.95 bits per heavy atom. The third-order valence-corrected chi connectivity index (χ3v) is 3.18. The molecule has 0 aliphatic carbocycles. The van der Waals surface area contributed by atoms with Crippen molar-refractivity contribution in [3.63, 3.8) is 0 Å². The summed E-state index contributed by atoms with van der Waals surface area (Å²) in [4.78, 5) is 20.4. The molecule has 0 saturated heterocycles. The van der Waals surface area contributed by atoms with Gasteiger partial charge in [0, 0.05) is 24.5 Å². The molecule has 21 heavy (non-hydrogen) atoms. The maximum atomic E-state index is 11.9. The van der Waals surface area contributed by atoms with Gasteiger partial charge in [0.05, 0.1) is 6.42 Å². The second-order valence-corrected chi connectivity index (χ2v) is 4.67. The van der Waals surface area contributed by atoms with Crippen molar-refractivity contribution in [2.24, 2.45) is 4.99 Å². The zero-order valence-electron chi connectivity index (χ0n) is 12.3. The number of amides is 1. The fourth-order valence-corrected chi connectivity index (χ4v) is 2.10. The van der Waals surface area contributed by atoms with Crippen molar-refractivity contribution in [2.45, 2.75) is 19.8 Å². The number of pyridine rings is 1. The topological polar surface area (TPSA) is 54.4 Å². The molecule has 1 aromatic heterocycles. The summed E-state index contributed by atoms with van der Waals surface area (Å²) in [5.41, 5.74) is 2.98. The van der Waals surface area contributed by atoms with Crippen LogP contribution in [-0.4, -0.2) is 23.7 Å². The summed E-state index contributed by atoms with van der Waals surface area (Å²) in [6.07, 6.45) is 2.95. The number of benzene rings is 1. The first-order chi connectivity index (χ1) is 10.2. The molecule has 0 unspecified atom stereocenters. The van der Waals surface area contributed by atoms with Gasteiger partial charge in [-0.05, 0) is 24.1 Å². The fraction of sp³-hybridized carbons (Fsp3) is 0.235. The first kappa shape index (κ1) is 14.9. The number of nitrogens with one attached hydrogen (secondary N) is 1. The van der Waals surface area contributed by atoms with Gasteiger partial charge in [0.2, 0.25) is 5.91 Å². The lowest BCUT2D eigenvalue weighted by molar-refractivity contribution is -0.115. The molecule has 0 aliphatic heterocycles. The summed E-state index contributed by atoms with van der Waals surface area (Å²) in [7, 11) is 1.77. The van der Waals surface area contributed by atoms with Crippen molar-refractivity contribution < 1.29 is 4.79 Å². The van der Waals surface area contributed by atoms with Gasteiger partial charge in [0.15, 0.2) is 0 Å². The van der Waals surface area contributed by atoms with Crippen molar-refractivity contribution >= 4 is 17.4 Å². The van der Waals surface area contributed by atoms with E-state index in [1.54, 1.807) is 19.3 Å². The van der Waals surface area contributed by atoms with Gasteiger partial charge in [-0.15, -0.1) is 0 Å². The normalized spacial score (nSPS) is 11.2. The van der Waals surface area contributed by atoms with Crippen LogP contribution >= 0.6 is 0 Å². The van der Waals surface area contributed by atoms with E-state index in [0.29, 0.717) is 12.2 Å². The minimum atomic E-state index is -0.0682. The Bertz CT molecular complexity index is 618. The van der Waals surface area contributed by atoms with Crippen LogP contribution in [0.2, 0.25) is 0 Å². The van der Waals surface area contributed by atoms with Crippen LogP contribution in [0.15, 0.2) is 53.7 Å². The number of carbonyl (C=O) groups is 1. The van der Waals surface area contributed by atoms with E-state index in [-0.39, 0.29) is 5.91 Å². The van der Waals surface area contributed by atoms with Gasteiger partial charge in [0.1, 0.15) is 5.82 Å².